The number of benzene rings is 2. The molecule has 0 unspecified atom stereocenters. The largest absolute Gasteiger partial charge is 0.360 e. The van der Waals surface area contributed by atoms with Crippen molar-refractivity contribution in [2.24, 2.45) is 5.73 Å². The summed E-state index contributed by atoms with van der Waals surface area (Å²) < 4.78 is 0. The Labute approximate surface area is 148 Å². The molecule has 0 atom stereocenters. The standard InChI is InChI=1S/C21H23N3O/c22-13-7-15-24(14-6-10-17-8-2-1-3-9-17)21(25)19-16-23-20-12-5-4-11-18(19)20/h1-6,8-12,16,23H,7,13-15,22H2/b10-6+. The van der Waals surface area contributed by atoms with E-state index >= 15 is 0 Å². The van der Waals surface area contributed by atoms with Gasteiger partial charge < -0.3 is 15.6 Å². The van der Waals surface area contributed by atoms with Gasteiger partial charge in [0.25, 0.3) is 5.91 Å². The van der Waals surface area contributed by atoms with Crippen molar-refractivity contribution >= 4 is 22.9 Å². The fourth-order valence-electron chi connectivity index (χ4n) is 2.86. The van der Waals surface area contributed by atoms with Crippen LogP contribution in [0.5, 0.6) is 0 Å². The van der Waals surface area contributed by atoms with Crippen LogP contribution in [0.1, 0.15) is 22.3 Å². The number of carbonyl (C=O) groups is 1. The Hall–Kier alpha value is -2.85. The highest BCUT2D eigenvalue weighted by Gasteiger charge is 2.17. The van der Waals surface area contributed by atoms with E-state index in [1.807, 2.05) is 71.6 Å². The number of aromatic amines is 1. The first-order chi connectivity index (χ1) is 12.3. The van der Waals surface area contributed by atoms with Gasteiger partial charge in [0.2, 0.25) is 0 Å². The number of amides is 1. The summed E-state index contributed by atoms with van der Waals surface area (Å²) in [7, 11) is 0. The average Bonchev–Trinajstić information content (AvgIpc) is 3.09. The molecule has 0 saturated heterocycles. The monoisotopic (exact) mass is 333 g/mol. The molecule has 25 heavy (non-hydrogen) atoms. The van der Waals surface area contributed by atoms with Gasteiger partial charge in [-0.2, -0.15) is 0 Å². The average molecular weight is 333 g/mol. The lowest BCUT2D eigenvalue weighted by Crippen LogP contribution is -2.33. The molecule has 0 aliphatic heterocycles. The third-order valence-corrected chi connectivity index (χ3v) is 4.17. The van der Waals surface area contributed by atoms with Gasteiger partial charge in [-0.25, -0.2) is 0 Å². The molecule has 1 aromatic heterocycles. The number of hydrogen-bond acceptors (Lipinski definition) is 2. The van der Waals surface area contributed by atoms with Crippen LogP contribution in [-0.2, 0) is 0 Å². The number of nitrogens with two attached hydrogens (primary N) is 1. The van der Waals surface area contributed by atoms with E-state index in [9.17, 15) is 4.79 Å². The molecule has 3 N–H and O–H groups in total. The normalized spacial score (nSPS) is 11.2. The smallest absolute Gasteiger partial charge is 0.256 e. The first kappa shape index (κ1) is 17.0. The van der Waals surface area contributed by atoms with Crippen molar-refractivity contribution in [1.29, 1.82) is 0 Å². The van der Waals surface area contributed by atoms with E-state index in [-0.39, 0.29) is 5.91 Å². The quantitative estimate of drug-likeness (QED) is 0.693. The first-order valence-electron chi connectivity index (χ1n) is 8.56. The summed E-state index contributed by atoms with van der Waals surface area (Å²) in [5.41, 5.74) is 8.45. The minimum atomic E-state index is 0.0311. The molecule has 4 nitrogen and oxygen atoms in total. The maximum atomic E-state index is 13.0. The maximum absolute atomic E-state index is 13.0. The van der Waals surface area contributed by atoms with E-state index in [0.29, 0.717) is 25.2 Å². The van der Waals surface area contributed by atoms with Crippen LogP contribution in [0.25, 0.3) is 17.0 Å². The number of aromatic nitrogens is 1. The van der Waals surface area contributed by atoms with Crippen molar-refractivity contribution in [2.75, 3.05) is 19.6 Å². The molecule has 3 rings (SSSR count). The number of rotatable bonds is 7. The molecule has 128 valence electrons. The van der Waals surface area contributed by atoms with Crippen LogP contribution in [-0.4, -0.2) is 35.4 Å². The Bertz CT molecular complexity index is 852. The second-order valence-electron chi connectivity index (χ2n) is 5.95. The molecule has 0 radical (unpaired) electrons. The number of para-hydroxylation sites is 1. The van der Waals surface area contributed by atoms with Crippen molar-refractivity contribution in [2.45, 2.75) is 6.42 Å². The zero-order chi connectivity index (χ0) is 17.5. The van der Waals surface area contributed by atoms with E-state index in [0.717, 1.165) is 22.9 Å². The molecule has 0 bridgehead atoms. The summed E-state index contributed by atoms with van der Waals surface area (Å²) >= 11 is 0. The molecular formula is C21H23N3O. The molecule has 3 aromatic rings. The lowest BCUT2D eigenvalue weighted by molar-refractivity contribution is 0.0775. The topological polar surface area (TPSA) is 62.1 Å². The SMILES string of the molecule is NCCCN(C/C=C/c1ccccc1)C(=O)c1c[nH]c2ccccc12. The summed E-state index contributed by atoms with van der Waals surface area (Å²) in [6, 6.07) is 17.9. The Balaban J connectivity index is 1.77. The van der Waals surface area contributed by atoms with Crippen LogP contribution in [0.3, 0.4) is 0 Å². The van der Waals surface area contributed by atoms with Crippen molar-refractivity contribution in [3.05, 3.63) is 78.0 Å². The van der Waals surface area contributed by atoms with E-state index in [4.69, 9.17) is 5.73 Å². The van der Waals surface area contributed by atoms with E-state index in [1.54, 1.807) is 6.20 Å². The van der Waals surface area contributed by atoms with Gasteiger partial charge in [0, 0.05) is 30.2 Å². The Morgan fingerprint density at radius 2 is 1.84 bits per heavy atom. The summed E-state index contributed by atoms with van der Waals surface area (Å²) in [4.78, 5) is 18.0. The third kappa shape index (κ3) is 4.17. The molecule has 0 aliphatic carbocycles. The summed E-state index contributed by atoms with van der Waals surface area (Å²) in [6.45, 7) is 1.78. The lowest BCUT2D eigenvalue weighted by Gasteiger charge is -2.20. The minimum Gasteiger partial charge on any atom is -0.360 e. The molecule has 1 amide bonds. The van der Waals surface area contributed by atoms with Crippen molar-refractivity contribution < 1.29 is 4.79 Å². The summed E-state index contributed by atoms with van der Waals surface area (Å²) in [5.74, 6) is 0.0311. The number of carbonyl (C=O) groups excluding carboxylic acids is 1. The minimum absolute atomic E-state index is 0.0311. The highest BCUT2D eigenvalue weighted by Crippen LogP contribution is 2.19. The predicted octanol–water partition coefficient (Wildman–Crippen LogP) is 3.67. The van der Waals surface area contributed by atoms with Crippen molar-refractivity contribution in [3.63, 3.8) is 0 Å². The molecule has 0 fully saturated rings. The van der Waals surface area contributed by atoms with Gasteiger partial charge >= 0.3 is 0 Å². The number of H-pyrrole nitrogens is 1. The molecule has 2 aromatic carbocycles. The highest BCUT2D eigenvalue weighted by atomic mass is 16.2. The van der Waals surface area contributed by atoms with Gasteiger partial charge in [-0.1, -0.05) is 60.7 Å². The van der Waals surface area contributed by atoms with E-state index in [2.05, 4.69) is 4.98 Å². The van der Waals surface area contributed by atoms with Crippen molar-refractivity contribution in [1.82, 2.24) is 9.88 Å². The number of fused-ring (bicyclic) bond motifs is 1. The number of hydrogen-bond donors (Lipinski definition) is 2. The zero-order valence-electron chi connectivity index (χ0n) is 14.2. The van der Waals surface area contributed by atoms with Crippen LogP contribution in [0, 0.1) is 0 Å². The molecule has 0 saturated carbocycles. The summed E-state index contributed by atoms with van der Waals surface area (Å²) in [6.07, 6.45) is 6.65. The molecule has 0 aliphatic rings. The number of nitrogens with zero attached hydrogens (tertiary/aromatic N) is 1. The lowest BCUT2D eigenvalue weighted by atomic mass is 10.1. The fraction of sp³-hybridized carbons (Fsp3) is 0.190. The van der Waals surface area contributed by atoms with Gasteiger partial charge in [-0.3, -0.25) is 4.79 Å². The summed E-state index contributed by atoms with van der Waals surface area (Å²) in [5, 5.41) is 0.956. The van der Waals surface area contributed by atoms with Gasteiger partial charge in [0.1, 0.15) is 0 Å². The fourth-order valence-corrected chi connectivity index (χ4v) is 2.86. The Kier molecular flexibility index (Phi) is 5.65. The van der Waals surface area contributed by atoms with E-state index in [1.165, 1.54) is 0 Å². The van der Waals surface area contributed by atoms with Crippen LogP contribution in [0.2, 0.25) is 0 Å². The van der Waals surface area contributed by atoms with Gasteiger partial charge in [-0.05, 0) is 24.6 Å². The van der Waals surface area contributed by atoms with E-state index < -0.39 is 0 Å². The van der Waals surface area contributed by atoms with Crippen LogP contribution in [0.4, 0.5) is 0 Å². The highest BCUT2D eigenvalue weighted by molar-refractivity contribution is 6.06. The molecular weight excluding hydrogens is 310 g/mol. The van der Waals surface area contributed by atoms with Gasteiger partial charge in [0.15, 0.2) is 0 Å². The zero-order valence-corrected chi connectivity index (χ0v) is 14.2. The second kappa shape index (κ2) is 8.31. The van der Waals surface area contributed by atoms with Crippen LogP contribution in [0.15, 0.2) is 66.9 Å². The second-order valence-corrected chi connectivity index (χ2v) is 5.95. The van der Waals surface area contributed by atoms with Gasteiger partial charge in [0.05, 0.1) is 5.56 Å². The molecule has 0 spiro atoms. The first-order valence-corrected chi connectivity index (χ1v) is 8.56. The molecule has 1 heterocycles. The van der Waals surface area contributed by atoms with Crippen LogP contribution >= 0.6 is 0 Å². The Morgan fingerprint density at radius 3 is 2.64 bits per heavy atom. The van der Waals surface area contributed by atoms with Crippen molar-refractivity contribution in [3.8, 4) is 0 Å². The van der Waals surface area contributed by atoms with Gasteiger partial charge in [-0.15, -0.1) is 0 Å². The van der Waals surface area contributed by atoms with Crippen LogP contribution < -0.4 is 5.73 Å². The predicted molar refractivity (Wildman–Crippen MR) is 103 cm³/mol. The maximum Gasteiger partial charge on any atom is 0.256 e. The third-order valence-electron chi connectivity index (χ3n) is 4.17. The number of nitrogens with one attached hydrogen (secondary N) is 1. The molecule has 4 heteroatoms. The Morgan fingerprint density at radius 1 is 1.08 bits per heavy atom.